The molecule has 2 aliphatic heterocycles. The Labute approximate surface area is 160 Å². The summed E-state index contributed by atoms with van der Waals surface area (Å²) in [5.41, 5.74) is 0. The zero-order chi connectivity index (χ0) is 19.2. The highest BCUT2D eigenvalue weighted by molar-refractivity contribution is 8.07. The molecule has 0 aromatic rings. The molecular weight excluding hydrogens is 381 g/mol. The number of hydrogen-bond acceptors (Lipinski definition) is 8. The molecule has 10 heteroatoms. The average molecular weight is 409 g/mol. The largest absolute Gasteiger partial charge is 0.394 e. The molecule has 2 rings (SSSR count). The molecule has 0 bridgehead atoms. The van der Waals surface area contributed by atoms with E-state index in [-0.39, 0.29) is 50.8 Å². The molecule has 3 unspecified atom stereocenters. The Morgan fingerprint density at radius 1 is 1.15 bits per heavy atom. The van der Waals surface area contributed by atoms with E-state index in [9.17, 15) is 5.11 Å². The molecule has 2 saturated heterocycles. The fourth-order valence-corrected chi connectivity index (χ4v) is 5.26. The van der Waals surface area contributed by atoms with Gasteiger partial charge in [-0.15, -0.1) is 0 Å². The normalized spacial score (nSPS) is 36.7. The maximum atomic E-state index is 9.48. The number of hydrogen-bond donors (Lipinski definition) is 1. The molecule has 0 spiro atoms. The van der Waals surface area contributed by atoms with Crippen molar-refractivity contribution in [3.63, 3.8) is 0 Å². The van der Waals surface area contributed by atoms with Crippen LogP contribution < -0.4 is 0 Å². The SMILES string of the molecule is [C-]#[N+]CCOP(=S)(OC[C@H]1O[C@@H](C)CC1OC)OC1C[C@H](C)O[C@@H]1CO. The molecule has 2 heterocycles. The predicted octanol–water partition coefficient (Wildman–Crippen LogP) is 1.91. The number of methoxy groups -OCH3 is 1. The highest BCUT2D eigenvalue weighted by Gasteiger charge is 2.40. The van der Waals surface area contributed by atoms with Gasteiger partial charge >= 0.3 is 6.72 Å². The van der Waals surface area contributed by atoms with Crippen LogP contribution in [0.15, 0.2) is 0 Å². The van der Waals surface area contributed by atoms with Crippen LogP contribution in [0.1, 0.15) is 26.7 Å². The molecule has 0 radical (unpaired) electrons. The second-order valence-corrected chi connectivity index (χ2v) is 9.46. The van der Waals surface area contributed by atoms with Crippen LogP contribution in [0.3, 0.4) is 0 Å². The Hall–Kier alpha value is -0.140. The molecule has 0 amide bonds. The van der Waals surface area contributed by atoms with Crippen molar-refractivity contribution in [3.05, 3.63) is 11.4 Å². The van der Waals surface area contributed by atoms with Gasteiger partial charge in [0.05, 0.1) is 37.6 Å². The molecule has 7 atom stereocenters. The van der Waals surface area contributed by atoms with Crippen LogP contribution in [0, 0.1) is 6.57 Å². The van der Waals surface area contributed by atoms with E-state index in [1.54, 1.807) is 7.11 Å². The van der Waals surface area contributed by atoms with Gasteiger partial charge in [-0.1, -0.05) is 0 Å². The fourth-order valence-electron chi connectivity index (χ4n) is 3.13. The Balaban J connectivity index is 1.99. The summed E-state index contributed by atoms with van der Waals surface area (Å²) in [5, 5.41) is 9.48. The first-order valence-corrected chi connectivity index (χ1v) is 11.3. The zero-order valence-electron chi connectivity index (χ0n) is 15.4. The van der Waals surface area contributed by atoms with Gasteiger partial charge in [-0.2, -0.15) is 0 Å². The third-order valence-corrected chi connectivity index (χ3v) is 6.75. The smallest absolute Gasteiger partial charge is 0.327 e. The van der Waals surface area contributed by atoms with E-state index in [2.05, 4.69) is 4.85 Å². The van der Waals surface area contributed by atoms with Crippen LogP contribution in [-0.2, 0) is 39.6 Å². The van der Waals surface area contributed by atoms with Gasteiger partial charge in [0, 0.05) is 20.0 Å². The first kappa shape index (κ1) is 22.2. The summed E-state index contributed by atoms with van der Waals surface area (Å²) >= 11 is 5.54. The zero-order valence-corrected chi connectivity index (χ0v) is 17.1. The molecule has 2 fully saturated rings. The Morgan fingerprint density at radius 3 is 2.42 bits per heavy atom. The number of aliphatic hydroxyl groups is 1. The van der Waals surface area contributed by atoms with E-state index in [4.69, 9.17) is 46.2 Å². The van der Waals surface area contributed by atoms with Crippen molar-refractivity contribution in [1.29, 1.82) is 0 Å². The fraction of sp³-hybridized carbons (Fsp3) is 0.938. The van der Waals surface area contributed by atoms with Gasteiger partial charge in [0.2, 0.25) is 6.54 Å². The van der Waals surface area contributed by atoms with Gasteiger partial charge in [-0.3, -0.25) is 0 Å². The third-order valence-electron chi connectivity index (χ3n) is 4.37. The minimum atomic E-state index is -3.12. The van der Waals surface area contributed by atoms with Crippen molar-refractivity contribution in [3.8, 4) is 0 Å². The van der Waals surface area contributed by atoms with Crippen molar-refractivity contribution < 1.29 is 32.9 Å². The van der Waals surface area contributed by atoms with E-state index >= 15 is 0 Å². The molecule has 0 aromatic carbocycles. The molecule has 0 aromatic heterocycles. The van der Waals surface area contributed by atoms with Crippen molar-refractivity contribution in [2.75, 3.05) is 33.5 Å². The molecule has 1 N–H and O–H groups in total. The van der Waals surface area contributed by atoms with Crippen LogP contribution in [0.5, 0.6) is 0 Å². The van der Waals surface area contributed by atoms with Gasteiger partial charge in [0.15, 0.2) is 0 Å². The lowest BCUT2D eigenvalue weighted by atomic mass is 10.1. The summed E-state index contributed by atoms with van der Waals surface area (Å²) in [6, 6.07) is 0. The maximum absolute atomic E-state index is 9.48. The summed E-state index contributed by atoms with van der Waals surface area (Å²) in [6.07, 6.45) is 0.225. The van der Waals surface area contributed by atoms with Crippen molar-refractivity contribution >= 4 is 18.5 Å². The first-order valence-electron chi connectivity index (χ1n) is 8.76. The quantitative estimate of drug-likeness (QED) is 0.333. The Kier molecular flexibility index (Phi) is 8.88. The number of ether oxygens (including phenoxy) is 3. The summed E-state index contributed by atoms with van der Waals surface area (Å²) in [4.78, 5) is 3.26. The van der Waals surface area contributed by atoms with Crippen LogP contribution >= 0.6 is 6.72 Å². The summed E-state index contributed by atoms with van der Waals surface area (Å²) in [5.74, 6) is 0. The topological polar surface area (TPSA) is 80.0 Å². The lowest BCUT2D eigenvalue weighted by Crippen LogP contribution is -2.30. The van der Waals surface area contributed by atoms with Crippen molar-refractivity contribution in [2.24, 2.45) is 0 Å². The molecule has 150 valence electrons. The van der Waals surface area contributed by atoms with E-state index in [1.165, 1.54) is 0 Å². The molecule has 2 aliphatic rings. The van der Waals surface area contributed by atoms with Crippen molar-refractivity contribution in [2.45, 2.75) is 63.3 Å². The first-order chi connectivity index (χ1) is 12.4. The summed E-state index contributed by atoms with van der Waals surface area (Å²) in [7, 11) is 1.64. The monoisotopic (exact) mass is 409 g/mol. The van der Waals surface area contributed by atoms with Crippen LogP contribution in [0.4, 0.5) is 0 Å². The maximum Gasteiger partial charge on any atom is 0.327 e. The Morgan fingerprint density at radius 2 is 1.81 bits per heavy atom. The van der Waals surface area contributed by atoms with E-state index in [1.807, 2.05) is 13.8 Å². The summed E-state index contributed by atoms with van der Waals surface area (Å²) in [6.45, 7) is 7.97. The number of aliphatic hydroxyl groups excluding tert-OH is 1. The van der Waals surface area contributed by atoms with Gasteiger partial charge in [-0.25, -0.2) is 6.57 Å². The number of rotatable bonds is 10. The van der Waals surface area contributed by atoms with E-state index in [0.717, 1.165) is 6.42 Å². The highest BCUT2D eigenvalue weighted by Crippen LogP contribution is 2.53. The van der Waals surface area contributed by atoms with Gasteiger partial charge in [0.1, 0.15) is 18.8 Å². The van der Waals surface area contributed by atoms with Gasteiger partial charge in [0.25, 0.3) is 0 Å². The lowest BCUT2D eigenvalue weighted by Gasteiger charge is -2.28. The minimum Gasteiger partial charge on any atom is -0.394 e. The number of nitrogens with zero attached hydrogens (tertiary/aromatic N) is 1. The van der Waals surface area contributed by atoms with E-state index < -0.39 is 18.9 Å². The average Bonchev–Trinajstić information content (AvgIpc) is 3.14. The van der Waals surface area contributed by atoms with E-state index in [0.29, 0.717) is 6.42 Å². The van der Waals surface area contributed by atoms with Crippen molar-refractivity contribution in [1.82, 2.24) is 0 Å². The molecule has 8 nitrogen and oxygen atoms in total. The highest BCUT2D eigenvalue weighted by atomic mass is 32.5. The third kappa shape index (κ3) is 6.20. The van der Waals surface area contributed by atoms with Gasteiger partial charge in [-0.05, 0) is 25.7 Å². The molecule has 0 aliphatic carbocycles. The van der Waals surface area contributed by atoms with Gasteiger partial charge < -0.3 is 37.7 Å². The standard InChI is InChI=1S/C16H28NO7PS/c1-11-7-13(19-4)16(23-11)10-21-25(26,20-6-5-17-3)24-14-8-12(2)22-15(14)9-18/h11-16,18H,5-10H2,1-2,4H3/t11-,12-,13?,14?,15+,16+,25?/m0/s1. The Bertz CT molecular complexity index is 531. The van der Waals surface area contributed by atoms with Crippen LogP contribution in [-0.4, -0.2) is 75.2 Å². The lowest BCUT2D eigenvalue weighted by molar-refractivity contribution is -0.0378. The molecule has 26 heavy (non-hydrogen) atoms. The summed E-state index contributed by atoms with van der Waals surface area (Å²) < 4.78 is 34.4. The molecular formula is C16H28NO7PS. The minimum absolute atomic E-state index is 0.0410. The predicted molar refractivity (Wildman–Crippen MR) is 98.3 cm³/mol. The van der Waals surface area contributed by atoms with Crippen LogP contribution in [0.2, 0.25) is 0 Å². The second-order valence-electron chi connectivity index (χ2n) is 6.50. The second kappa shape index (κ2) is 10.4. The molecule has 0 saturated carbocycles. The van der Waals surface area contributed by atoms with Crippen LogP contribution in [0.25, 0.3) is 4.85 Å².